The molecule has 4 aromatic rings. The van der Waals surface area contributed by atoms with E-state index in [0.29, 0.717) is 43.3 Å². The Hall–Kier alpha value is -4.61. The number of anilines is 1. The molecule has 2 aromatic heterocycles. The Kier molecular flexibility index (Phi) is 9.52. The SMILES string of the molecule is O=C(NC(Cc1ccccc1)C(=O)N1CCOCC1)C(c1cncnc1)N(C(=O)CCl)c1ccc(-c2cnco2)cc1. The zero-order valence-corrected chi connectivity index (χ0v) is 23.4. The maximum atomic E-state index is 14.2. The predicted molar refractivity (Wildman–Crippen MR) is 154 cm³/mol. The van der Waals surface area contributed by atoms with E-state index >= 15 is 0 Å². The third kappa shape index (κ3) is 6.81. The van der Waals surface area contributed by atoms with Gasteiger partial charge in [0.2, 0.25) is 17.7 Å². The van der Waals surface area contributed by atoms with Crippen molar-refractivity contribution < 1.29 is 23.5 Å². The van der Waals surface area contributed by atoms with Gasteiger partial charge in [-0.25, -0.2) is 15.0 Å². The molecule has 3 amide bonds. The summed E-state index contributed by atoms with van der Waals surface area (Å²) in [5.41, 5.74) is 2.37. The van der Waals surface area contributed by atoms with Crippen LogP contribution in [0.3, 0.4) is 0 Å². The van der Waals surface area contributed by atoms with E-state index in [-0.39, 0.29) is 18.2 Å². The summed E-state index contributed by atoms with van der Waals surface area (Å²) >= 11 is 6.06. The summed E-state index contributed by atoms with van der Waals surface area (Å²) in [4.78, 5) is 56.3. The zero-order valence-electron chi connectivity index (χ0n) is 22.6. The molecule has 0 aliphatic carbocycles. The van der Waals surface area contributed by atoms with Crippen molar-refractivity contribution in [1.82, 2.24) is 25.2 Å². The monoisotopic (exact) mass is 588 g/mol. The smallest absolute Gasteiger partial charge is 0.248 e. The lowest BCUT2D eigenvalue weighted by Crippen LogP contribution is -2.55. The largest absolute Gasteiger partial charge is 0.444 e. The molecule has 1 N–H and O–H groups in total. The third-order valence-corrected chi connectivity index (χ3v) is 7.10. The van der Waals surface area contributed by atoms with Crippen LogP contribution in [0.4, 0.5) is 5.69 Å². The second kappa shape index (κ2) is 13.8. The zero-order chi connectivity index (χ0) is 29.3. The Bertz CT molecular complexity index is 1470. The van der Waals surface area contributed by atoms with Crippen molar-refractivity contribution in [3.05, 3.63) is 97.0 Å². The van der Waals surface area contributed by atoms with Crippen molar-refractivity contribution in [2.75, 3.05) is 37.1 Å². The minimum absolute atomic E-state index is 0.231. The van der Waals surface area contributed by atoms with Gasteiger partial charge in [-0.3, -0.25) is 19.3 Å². The Morgan fingerprint density at radius 1 is 0.952 bits per heavy atom. The van der Waals surface area contributed by atoms with Gasteiger partial charge in [0.05, 0.1) is 19.4 Å². The number of rotatable bonds is 10. The van der Waals surface area contributed by atoms with Crippen LogP contribution in [0.15, 0.2) is 90.3 Å². The molecule has 1 aliphatic heterocycles. The molecule has 1 fully saturated rings. The number of nitrogens with zero attached hydrogens (tertiary/aromatic N) is 5. The highest BCUT2D eigenvalue weighted by atomic mass is 35.5. The van der Waals surface area contributed by atoms with E-state index in [2.05, 4.69) is 20.3 Å². The van der Waals surface area contributed by atoms with Crippen molar-refractivity contribution in [2.24, 2.45) is 0 Å². The number of halogens is 1. The maximum absolute atomic E-state index is 14.2. The first kappa shape index (κ1) is 28.9. The first-order valence-corrected chi connectivity index (χ1v) is 13.9. The number of hydrogen-bond acceptors (Lipinski definition) is 8. The Labute approximate surface area is 247 Å². The Balaban J connectivity index is 1.50. The van der Waals surface area contributed by atoms with E-state index in [1.807, 2.05) is 30.3 Å². The lowest BCUT2D eigenvalue weighted by molar-refractivity contribution is -0.140. The molecule has 2 atom stereocenters. The number of carbonyl (C=O) groups is 3. The second-order valence-corrected chi connectivity index (χ2v) is 9.84. The molecular formula is C30H29ClN6O5. The number of oxazole rings is 1. The molecule has 216 valence electrons. The van der Waals surface area contributed by atoms with Crippen molar-refractivity contribution in [3.63, 3.8) is 0 Å². The van der Waals surface area contributed by atoms with Crippen LogP contribution in [0.5, 0.6) is 0 Å². The number of aromatic nitrogens is 3. The third-order valence-electron chi connectivity index (χ3n) is 6.87. The number of benzene rings is 2. The van der Waals surface area contributed by atoms with Crippen LogP contribution in [0, 0.1) is 0 Å². The number of nitrogens with one attached hydrogen (secondary N) is 1. The minimum atomic E-state index is -1.22. The molecule has 3 heterocycles. The van der Waals surface area contributed by atoms with Gasteiger partial charge in [-0.1, -0.05) is 30.3 Å². The van der Waals surface area contributed by atoms with Gasteiger partial charge in [0.15, 0.2) is 12.2 Å². The Morgan fingerprint density at radius 3 is 2.31 bits per heavy atom. The van der Waals surface area contributed by atoms with Crippen LogP contribution in [0.1, 0.15) is 17.2 Å². The van der Waals surface area contributed by atoms with Crippen molar-refractivity contribution in [1.29, 1.82) is 0 Å². The van der Waals surface area contributed by atoms with Crippen LogP contribution in [-0.2, 0) is 25.5 Å². The number of ether oxygens (including phenoxy) is 1. The standard InChI is InChI=1S/C30H29ClN6O5/c31-15-27(38)37(24-8-6-22(7-9-24)26-18-34-20-42-26)28(23-16-32-19-33-17-23)29(39)35-25(14-21-4-2-1-3-5-21)30(40)36-10-12-41-13-11-36/h1-9,16-20,25,28H,10-15H2,(H,35,39). The van der Waals surface area contributed by atoms with Crippen molar-refractivity contribution >= 4 is 35.0 Å². The van der Waals surface area contributed by atoms with Crippen molar-refractivity contribution in [2.45, 2.75) is 18.5 Å². The minimum Gasteiger partial charge on any atom is -0.444 e. The summed E-state index contributed by atoms with van der Waals surface area (Å²) in [7, 11) is 0. The molecular weight excluding hydrogens is 560 g/mol. The number of hydrogen-bond donors (Lipinski definition) is 1. The van der Waals surface area contributed by atoms with Crippen LogP contribution in [-0.4, -0.2) is 75.8 Å². The molecule has 2 unspecified atom stereocenters. The van der Waals surface area contributed by atoms with Crippen LogP contribution in [0.2, 0.25) is 0 Å². The molecule has 1 saturated heterocycles. The van der Waals surface area contributed by atoms with Gasteiger partial charge >= 0.3 is 0 Å². The molecule has 0 saturated carbocycles. The summed E-state index contributed by atoms with van der Waals surface area (Å²) in [6.07, 6.45) is 7.42. The number of morpholine rings is 1. The van der Waals surface area contributed by atoms with Gasteiger partial charge in [0, 0.05) is 48.7 Å². The summed E-state index contributed by atoms with van der Waals surface area (Å²) < 4.78 is 10.8. The van der Waals surface area contributed by atoms with E-state index in [1.54, 1.807) is 35.4 Å². The van der Waals surface area contributed by atoms with E-state index in [0.717, 1.165) is 11.1 Å². The lowest BCUT2D eigenvalue weighted by Gasteiger charge is -2.34. The number of alkyl halides is 1. The fourth-order valence-electron chi connectivity index (χ4n) is 4.82. The quantitative estimate of drug-likeness (QED) is 0.280. The van der Waals surface area contributed by atoms with Gasteiger partial charge in [-0.15, -0.1) is 11.6 Å². The Morgan fingerprint density at radius 2 is 1.67 bits per heavy atom. The normalized spacial score (nSPS) is 14.5. The van der Waals surface area contributed by atoms with Crippen LogP contribution < -0.4 is 10.2 Å². The fraction of sp³-hybridized carbons (Fsp3) is 0.267. The second-order valence-electron chi connectivity index (χ2n) is 9.57. The van der Waals surface area contributed by atoms with Crippen LogP contribution in [0.25, 0.3) is 11.3 Å². The average Bonchev–Trinajstić information content (AvgIpc) is 3.59. The van der Waals surface area contributed by atoms with Crippen molar-refractivity contribution in [3.8, 4) is 11.3 Å². The molecule has 12 heteroatoms. The van der Waals surface area contributed by atoms with Crippen LogP contribution >= 0.6 is 11.6 Å². The summed E-state index contributed by atoms with van der Waals surface area (Å²) in [5, 5.41) is 2.94. The molecule has 2 aromatic carbocycles. The fourth-order valence-corrected chi connectivity index (χ4v) is 4.95. The molecule has 0 radical (unpaired) electrons. The molecule has 5 rings (SSSR count). The first-order chi connectivity index (χ1) is 20.5. The average molecular weight is 589 g/mol. The molecule has 11 nitrogen and oxygen atoms in total. The molecule has 0 spiro atoms. The maximum Gasteiger partial charge on any atom is 0.248 e. The van der Waals surface area contributed by atoms with E-state index in [4.69, 9.17) is 20.8 Å². The number of amides is 3. The summed E-state index contributed by atoms with van der Waals surface area (Å²) in [6.45, 7) is 1.68. The summed E-state index contributed by atoms with van der Waals surface area (Å²) in [5.74, 6) is -1.17. The summed E-state index contributed by atoms with van der Waals surface area (Å²) in [6, 6.07) is 14.2. The van der Waals surface area contributed by atoms with Gasteiger partial charge < -0.3 is 19.4 Å². The van der Waals surface area contributed by atoms with E-state index in [1.165, 1.54) is 30.0 Å². The van der Waals surface area contributed by atoms with Gasteiger partial charge in [0.25, 0.3) is 0 Å². The van der Waals surface area contributed by atoms with Gasteiger partial charge in [-0.2, -0.15) is 0 Å². The molecule has 0 bridgehead atoms. The highest BCUT2D eigenvalue weighted by molar-refractivity contribution is 6.29. The van der Waals surface area contributed by atoms with Gasteiger partial charge in [0.1, 0.15) is 24.3 Å². The van der Waals surface area contributed by atoms with E-state index < -0.39 is 23.9 Å². The van der Waals surface area contributed by atoms with E-state index in [9.17, 15) is 14.4 Å². The first-order valence-electron chi connectivity index (χ1n) is 13.4. The highest BCUT2D eigenvalue weighted by Crippen LogP contribution is 2.30. The molecule has 42 heavy (non-hydrogen) atoms. The number of carbonyl (C=O) groups excluding carboxylic acids is 3. The van der Waals surface area contributed by atoms with Gasteiger partial charge in [-0.05, 0) is 29.8 Å². The molecule has 1 aliphatic rings. The topological polar surface area (TPSA) is 131 Å². The predicted octanol–water partition coefficient (Wildman–Crippen LogP) is 3.03. The highest BCUT2D eigenvalue weighted by Gasteiger charge is 2.36. The lowest BCUT2D eigenvalue weighted by atomic mass is 10.0.